The smallest absolute Gasteiger partial charge is 0.113 e. The van der Waals surface area contributed by atoms with Gasteiger partial charge in [-0.2, -0.15) is 0 Å². The van der Waals surface area contributed by atoms with E-state index in [-0.39, 0.29) is 0 Å². The van der Waals surface area contributed by atoms with Gasteiger partial charge < -0.3 is 11.5 Å². The van der Waals surface area contributed by atoms with E-state index in [4.69, 9.17) is 11.5 Å². The maximum atomic E-state index is 5.89. The lowest BCUT2D eigenvalue weighted by Gasteiger charge is -2.28. The van der Waals surface area contributed by atoms with Crippen LogP contribution in [0.1, 0.15) is 11.1 Å². The maximum Gasteiger partial charge on any atom is 0.113 e. The van der Waals surface area contributed by atoms with Gasteiger partial charge >= 0.3 is 0 Å². The van der Waals surface area contributed by atoms with Gasteiger partial charge in [-0.15, -0.1) is 0 Å². The van der Waals surface area contributed by atoms with E-state index in [1.54, 1.807) is 0 Å². The first-order valence-electron chi connectivity index (χ1n) is 6.68. The van der Waals surface area contributed by atoms with E-state index >= 15 is 0 Å². The Balaban J connectivity index is 2.58. The zero-order valence-electron chi connectivity index (χ0n) is 11.7. The number of benzene rings is 2. The van der Waals surface area contributed by atoms with Crippen molar-refractivity contribution in [2.75, 3.05) is 0 Å². The number of hydrogen-bond acceptors (Lipinski definition) is 2. The summed E-state index contributed by atoms with van der Waals surface area (Å²) < 4.78 is 0. The van der Waals surface area contributed by atoms with Gasteiger partial charge in [-0.1, -0.05) is 72.0 Å². The van der Waals surface area contributed by atoms with Gasteiger partial charge in [0.05, 0.1) is 0 Å². The highest BCUT2D eigenvalue weighted by Gasteiger charge is 2.29. The molecule has 2 aromatic carbocycles. The van der Waals surface area contributed by atoms with E-state index in [9.17, 15) is 0 Å². The summed E-state index contributed by atoms with van der Waals surface area (Å²) in [6, 6.07) is 17.0. The Morgan fingerprint density at radius 3 is 1.47 bits per heavy atom. The third kappa shape index (κ3) is 2.63. The third-order valence-corrected chi connectivity index (χ3v) is 7.49. The minimum absolute atomic E-state index is 0.595. The summed E-state index contributed by atoms with van der Waals surface area (Å²) in [4.78, 5) is 0. The minimum atomic E-state index is -1.75. The lowest BCUT2D eigenvalue weighted by molar-refractivity contribution is 1.07. The van der Waals surface area contributed by atoms with Gasteiger partial charge in [0, 0.05) is 13.1 Å². The molecule has 0 saturated heterocycles. The second kappa shape index (κ2) is 5.69. The lowest BCUT2D eigenvalue weighted by atomic mass is 10.2. The summed E-state index contributed by atoms with van der Waals surface area (Å²) in [7, 11) is -1.75. The molecule has 19 heavy (non-hydrogen) atoms. The van der Waals surface area contributed by atoms with Crippen LogP contribution in [0.2, 0.25) is 13.1 Å². The van der Waals surface area contributed by atoms with Gasteiger partial charge in [0.25, 0.3) is 0 Å². The van der Waals surface area contributed by atoms with Crippen molar-refractivity contribution in [2.24, 2.45) is 11.5 Å². The van der Waals surface area contributed by atoms with Crippen LogP contribution in [-0.2, 0) is 13.1 Å². The molecule has 0 spiro atoms. The molecule has 2 rings (SSSR count). The van der Waals surface area contributed by atoms with Crippen LogP contribution >= 0.6 is 0 Å². The van der Waals surface area contributed by atoms with Gasteiger partial charge in [0.15, 0.2) is 0 Å². The molecular formula is C16H22N2Si. The van der Waals surface area contributed by atoms with Crippen molar-refractivity contribution in [3.8, 4) is 0 Å². The first kappa shape index (κ1) is 14.0. The number of hydrogen-bond donors (Lipinski definition) is 2. The van der Waals surface area contributed by atoms with Crippen LogP contribution in [0.15, 0.2) is 48.5 Å². The predicted octanol–water partition coefficient (Wildman–Crippen LogP) is 1.43. The Labute approximate surface area is 116 Å². The molecule has 0 bridgehead atoms. The van der Waals surface area contributed by atoms with Gasteiger partial charge in [-0.3, -0.25) is 0 Å². The fourth-order valence-corrected chi connectivity index (χ4v) is 6.05. The molecule has 100 valence electrons. The number of rotatable bonds is 4. The van der Waals surface area contributed by atoms with Gasteiger partial charge in [-0.05, 0) is 11.1 Å². The normalized spacial score (nSPS) is 11.6. The summed E-state index contributed by atoms with van der Waals surface area (Å²) >= 11 is 0. The molecule has 0 fully saturated rings. The van der Waals surface area contributed by atoms with Crippen molar-refractivity contribution in [2.45, 2.75) is 26.2 Å². The zero-order valence-corrected chi connectivity index (χ0v) is 12.7. The highest BCUT2D eigenvalue weighted by atomic mass is 28.3. The molecule has 0 aliphatic carbocycles. The first-order valence-corrected chi connectivity index (χ1v) is 9.68. The quantitative estimate of drug-likeness (QED) is 0.826. The Morgan fingerprint density at radius 2 is 1.11 bits per heavy atom. The minimum Gasteiger partial charge on any atom is -0.327 e. The summed E-state index contributed by atoms with van der Waals surface area (Å²) in [6.45, 7) is 5.93. The van der Waals surface area contributed by atoms with Crippen molar-refractivity contribution in [1.29, 1.82) is 0 Å². The van der Waals surface area contributed by atoms with Crippen LogP contribution in [0.25, 0.3) is 0 Å². The molecule has 0 aliphatic rings. The van der Waals surface area contributed by atoms with Crippen LogP contribution in [0.4, 0.5) is 0 Å². The molecule has 0 aliphatic heterocycles. The molecular weight excluding hydrogens is 248 g/mol. The standard InChI is InChI=1S/C16H22N2Si/c1-19(2,15-9-5-3-7-13(15)11-17)16-10-6-4-8-14(16)12-18/h3-10H,11-12,17-18H2,1-2H3. The monoisotopic (exact) mass is 270 g/mol. The van der Waals surface area contributed by atoms with Gasteiger partial charge in [-0.25, -0.2) is 0 Å². The van der Waals surface area contributed by atoms with Gasteiger partial charge in [0.1, 0.15) is 8.07 Å². The average molecular weight is 270 g/mol. The van der Waals surface area contributed by atoms with Crippen LogP contribution in [0.3, 0.4) is 0 Å². The van der Waals surface area contributed by atoms with E-state index in [0.29, 0.717) is 13.1 Å². The molecule has 4 N–H and O–H groups in total. The molecule has 2 nitrogen and oxygen atoms in total. The molecule has 0 heterocycles. The molecule has 3 heteroatoms. The van der Waals surface area contributed by atoms with Crippen molar-refractivity contribution >= 4 is 18.4 Å². The van der Waals surface area contributed by atoms with E-state index in [1.165, 1.54) is 21.5 Å². The SMILES string of the molecule is C[Si](C)(c1ccccc1CN)c1ccccc1CN. The van der Waals surface area contributed by atoms with Crippen molar-refractivity contribution in [3.05, 3.63) is 59.7 Å². The molecule has 2 aromatic rings. The second-order valence-corrected chi connectivity index (χ2v) is 9.67. The van der Waals surface area contributed by atoms with Crippen molar-refractivity contribution in [1.82, 2.24) is 0 Å². The highest BCUT2D eigenvalue weighted by molar-refractivity contribution is 7.00. The van der Waals surface area contributed by atoms with E-state index in [2.05, 4.69) is 61.6 Å². The Hall–Kier alpha value is -1.42. The molecule has 0 amide bonds. The fourth-order valence-electron chi connectivity index (χ4n) is 2.76. The van der Waals surface area contributed by atoms with Crippen LogP contribution in [0.5, 0.6) is 0 Å². The molecule has 0 aromatic heterocycles. The Bertz CT molecular complexity index is 515. The van der Waals surface area contributed by atoms with E-state index < -0.39 is 8.07 Å². The summed E-state index contributed by atoms with van der Waals surface area (Å²) in [5, 5.41) is 2.83. The zero-order chi connectivity index (χ0) is 13.9. The molecule has 0 atom stereocenters. The van der Waals surface area contributed by atoms with Crippen molar-refractivity contribution < 1.29 is 0 Å². The largest absolute Gasteiger partial charge is 0.327 e. The summed E-state index contributed by atoms with van der Waals surface area (Å²) in [6.07, 6.45) is 0. The number of nitrogens with two attached hydrogens (primary N) is 2. The van der Waals surface area contributed by atoms with Gasteiger partial charge in [0.2, 0.25) is 0 Å². The highest BCUT2D eigenvalue weighted by Crippen LogP contribution is 2.11. The van der Waals surface area contributed by atoms with E-state index in [0.717, 1.165) is 0 Å². The summed E-state index contributed by atoms with van der Waals surface area (Å²) in [5.41, 5.74) is 14.3. The summed E-state index contributed by atoms with van der Waals surface area (Å²) in [5.74, 6) is 0. The van der Waals surface area contributed by atoms with Crippen LogP contribution < -0.4 is 21.8 Å². The lowest BCUT2D eigenvalue weighted by Crippen LogP contribution is -2.55. The molecule has 0 unspecified atom stereocenters. The third-order valence-electron chi connectivity index (χ3n) is 3.82. The topological polar surface area (TPSA) is 52.0 Å². The first-order chi connectivity index (χ1) is 9.11. The van der Waals surface area contributed by atoms with Crippen LogP contribution in [0, 0.1) is 0 Å². The van der Waals surface area contributed by atoms with Crippen LogP contribution in [-0.4, -0.2) is 8.07 Å². The Kier molecular flexibility index (Phi) is 4.19. The molecule has 0 saturated carbocycles. The maximum absolute atomic E-state index is 5.89. The predicted molar refractivity (Wildman–Crippen MR) is 85.4 cm³/mol. The van der Waals surface area contributed by atoms with Crippen molar-refractivity contribution in [3.63, 3.8) is 0 Å². The fraction of sp³-hybridized carbons (Fsp3) is 0.250. The second-order valence-electron chi connectivity index (χ2n) is 5.35. The Morgan fingerprint density at radius 1 is 0.737 bits per heavy atom. The average Bonchev–Trinajstić information content (AvgIpc) is 2.47. The molecule has 0 radical (unpaired) electrons. The van der Waals surface area contributed by atoms with E-state index in [1.807, 2.05) is 0 Å².